The first kappa shape index (κ1) is 20.2. The first-order valence-corrected chi connectivity index (χ1v) is 10.00. The summed E-state index contributed by atoms with van der Waals surface area (Å²) in [5.74, 6) is 0.186. The maximum absolute atomic E-state index is 11.5. The van der Waals surface area contributed by atoms with Gasteiger partial charge in [0.1, 0.15) is 41.4 Å². The molecule has 0 atom stereocenters. The molecule has 7 nitrogen and oxygen atoms in total. The van der Waals surface area contributed by atoms with Crippen molar-refractivity contribution in [3.8, 4) is 17.2 Å². The molecule has 0 aliphatic rings. The lowest BCUT2D eigenvalue weighted by molar-refractivity contribution is -0.139. The molecule has 2 heterocycles. The van der Waals surface area contributed by atoms with Crippen LogP contribution in [0.15, 0.2) is 42.5 Å². The standard InChI is InChI=1S/C22H24ClN3O4/c1-13(2)21(28)30-9-8-29-20-12-19(27)18(11-15(20)22(3,4)5)26-24-16-7-6-14(23)10-17(16)25(24)26/h6-7,10-12,27H,1,8-9H2,2-5H3. The Morgan fingerprint density at radius 1 is 1.13 bits per heavy atom. The summed E-state index contributed by atoms with van der Waals surface area (Å²) in [7, 11) is 0. The zero-order valence-corrected chi connectivity index (χ0v) is 18.2. The van der Waals surface area contributed by atoms with Crippen LogP contribution in [0.3, 0.4) is 0 Å². The summed E-state index contributed by atoms with van der Waals surface area (Å²) in [5.41, 5.74) is 3.69. The molecule has 4 rings (SSSR count). The number of aromatic nitrogens is 3. The first-order valence-electron chi connectivity index (χ1n) is 9.62. The van der Waals surface area contributed by atoms with Crippen molar-refractivity contribution in [3.05, 3.63) is 53.1 Å². The molecule has 0 aliphatic heterocycles. The molecular weight excluding hydrogens is 406 g/mol. The van der Waals surface area contributed by atoms with Crippen LogP contribution in [0.1, 0.15) is 33.3 Å². The third-order valence-corrected chi connectivity index (χ3v) is 5.13. The Bertz CT molecular complexity index is 1260. The third-order valence-electron chi connectivity index (χ3n) is 4.90. The van der Waals surface area contributed by atoms with Gasteiger partial charge in [-0.1, -0.05) is 39.0 Å². The minimum absolute atomic E-state index is 0.0864. The molecule has 30 heavy (non-hydrogen) atoms. The number of carbonyl (C=O) groups is 1. The lowest BCUT2D eigenvalue weighted by Gasteiger charge is -2.23. The van der Waals surface area contributed by atoms with E-state index in [1.54, 1.807) is 13.0 Å². The largest absolute Gasteiger partial charge is 0.505 e. The van der Waals surface area contributed by atoms with Gasteiger partial charge in [0.05, 0.1) is 0 Å². The van der Waals surface area contributed by atoms with Crippen LogP contribution in [0.2, 0.25) is 5.02 Å². The van der Waals surface area contributed by atoms with Crippen LogP contribution in [0.25, 0.3) is 16.7 Å². The molecule has 8 heteroatoms. The fourth-order valence-electron chi connectivity index (χ4n) is 3.35. The second kappa shape index (κ2) is 7.02. The number of rotatable bonds is 6. The normalized spacial score (nSPS) is 12.2. The number of benzene rings is 2. The molecule has 0 saturated heterocycles. The van der Waals surface area contributed by atoms with Crippen LogP contribution in [-0.2, 0) is 14.9 Å². The highest BCUT2D eigenvalue weighted by molar-refractivity contribution is 6.31. The Balaban J connectivity index is 1.63. The van der Waals surface area contributed by atoms with E-state index in [4.69, 9.17) is 21.1 Å². The average Bonchev–Trinajstić information content (AvgIpc) is 3.31. The van der Waals surface area contributed by atoms with Crippen molar-refractivity contribution in [2.75, 3.05) is 13.2 Å². The van der Waals surface area contributed by atoms with Crippen molar-refractivity contribution in [1.29, 1.82) is 0 Å². The van der Waals surface area contributed by atoms with Crippen molar-refractivity contribution in [2.45, 2.75) is 33.1 Å². The molecule has 0 spiro atoms. The fourth-order valence-corrected chi connectivity index (χ4v) is 3.52. The summed E-state index contributed by atoms with van der Waals surface area (Å²) in [6, 6.07) is 9.20. The van der Waals surface area contributed by atoms with Gasteiger partial charge in [-0.25, -0.2) is 4.79 Å². The molecule has 0 amide bonds. The SMILES string of the molecule is C=C(C)C(=O)OCCOc1cc(O)c(-n2n3c4ccc(Cl)cc4n23)cc1C(C)(C)C. The summed E-state index contributed by atoms with van der Waals surface area (Å²) < 4.78 is 14.8. The van der Waals surface area contributed by atoms with E-state index in [1.807, 2.05) is 38.3 Å². The van der Waals surface area contributed by atoms with Gasteiger partial charge >= 0.3 is 5.97 Å². The van der Waals surface area contributed by atoms with Gasteiger partial charge in [0.25, 0.3) is 0 Å². The van der Waals surface area contributed by atoms with Gasteiger partial charge in [-0.3, -0.25) is 0 Å². The van der Waals surface area contributed by atoms with Crippen molar-refractivity contribution >= 4 is 28.6 Å². The molecule has 0 unspecified atom stereocenters. The third kappa shape index (κ3) is 3.39. The lowest BCUT2D eigenvalue weighted by Crippen LogP contribution is -2.17. The van der Waals surface area contributed by atoms with E-state index in [0.717, 1.165) is 16.6 Å². The smallest absolute Gasteiger partial charge is 0.333 e. The first-order chi connectivity index (χ1) is 14.1. The minimum Gasteiger partial charge on any atom is -0.505 e. The fraction of sp³-hybridized carbons (Fsp3) is 0.318. The minimum atomic E-state index is -0.451. The highest BCUT2D eigenvalue weighted by Crippen LogP contribution is 2.40. The number of hydrogen-bond acceptors (Lipinski definition) is 4. The van der Waals surface area contributed by atoms with Gasteiger partial charge < -0.3 is 14.6 Å². The number of esters is 1. The summed E-state index contributed by atoms with van der Waals surface area (Å²) in [6.45, 7) is 11.6. The van der Waals surface area contributed by atoms with Gasteiger partial charge in [0.2, 0.25) is 0 Å². The molecule has 0 bridgehead atoms. The molecule has 0 radical (unpaired) electrons. The lowest BCUT2D eigenvalue weighted by atomic mass is 9.86. The predicted molar refractivity (Wildman–Crippen MR) is 116 cm³/mol. The predicted octanol–water partition coefficient (Wildman–Crippen LogP) is 4.58. The summed E-state index contributed by atoms with van der Waals surface area (Å²) >= 11 is 6.10. The Morgan fingerprint density at radius 3 is 2.50 bits per heavy atom. The van der Waals surface area contributed by atoms with Crippen LogP contribution in [-0.4, -0.2) is 38.3 Å². The van der Waals surface area contributed by atoms with E-state index in [0.29, 0.717) is 22.0 Å². The number of nitrogens with zero attached hydrogens (tertiary/aromatic N) is 3. The molecule has 2 aromatic heterocycles. The van der Waals surface area contributed by atoms with Crippen LogP contribution in [0.4, 0.5) is 0 Å². The van der Waals surface area contributed by atoms with E-state index in [2.05, 4.69) is 27.4 Å². The van der Waals surface area contributed by atoms with Crippen molar-refractivity contribution in [1.82, 2.24) is 14.1 Å². The molecular formula is C22H24ClN3O4. The highest BCUT2D eigenvalue weighted by atomic mass is 35.5. The van der Waals surface area contributed by atoms with Gasteiger partial charge in [0, 0.05) is 22.2 Å². The van der Waals surface area contributed by atoms with E-state index in [-0.39, 0.29) is 24.4 Å². The van der Waals surface area contributed by atoms with Gasteiger partial charge in [-0.2, -0.15) is 0 Å². The Morgan fingerprint density at radius 2 is 1.83 bits per heavy atom. The second-order valence-corrected chi connectivity index (χ2v) is 8.79. The maximum Gasteiger partial charge on any atom is 0.333 e. The number of hydrogen-bond donors (Lipinski definition) is 1. The van der Waals surface area contributed by atoms with Crippen molar-refractivity contribution in [3.63, 3.8) is 0 Å². The van der Waals surface area contributed by atoms with E-state index >= 15 is 0 Å². The molecule has 4 aromatic rings. The molecule has 1 N–H and O–H groups in total. The number of carbonyl (C=O) groups excluding carboxylic acids is 1. The summed E-state index contributed by atoms with van der Waals surface area (Å²) in [5, 5.41) is 11.4. The Labute approximate surface area is 178 Å². The quantitative estimate of drug-likeness (QED) is 0.277. The number of fused-ring (bicyclic) bond motifs is 4. The zero-order valence-electron chi connectivity index (χ0n) is 17.4. The Hall–Kier alpha value is -3.06. The van der Waals surface area contributed by atoms with E-state index in [1.165, 1.54) is 0 Å². The molecule has 0 fully saturated rings. The van der Waals surface area contributed by atoms with Crippen molar-refractivity contribution < 1.29 is 19.4 Å². The summed E-state index contributed by atoms with van der Waals surface area (Å²) in [4.78, 5) is 13.4. The molecule has 158 valence electrons. The number of halogens is 1. The van der Waals surface area contributed by atoms with E-state index in [9.17, 15) is 9.90 Å². The van der Waals surface area contributed by atoms with Gasteiger partial charge in [-0.15, -0.1) is 14.1 Å². The molecule has 0 saturated carbocycles. The number of aromatic hydroxyl groups is 1. The van der Waals surface area contributed by atoms with Crippen LogP contribution >= 0.6 is 11.6 Å². The maximum atomic E-state index is 11.5. The molecule has 0 aliphatic carbocycles. The Kier molecular flexibility index (Phi) is 4.73. The van der Waals surface area contributed by atoms with Crippen molar-refractivity contribution in [2.24, 2.45) is 0 Å². The van der Waals surface area contributed by atoms with Gasteiger partial charge in [-0.05, 0) is 36.6 Å². The number of phenolic OH excluding ortho intramolecular Hbond substituents is 1. The average molecular weight is 430 g/mol. The zero-order chi connectivity index (χ0) is 21.8. The second-order valence-electron chi connectivity index (χ2n) is 8.35. The summed E-state index contributed by atoms with van der Waals surface area (Å²) in [6.07, 6.45) is 0. The number of phenols is 1. The van der Waals surface area contributed by atoms with Gasteiger partial charge in [0.15, 0.2) is 0 Å². The highest BCUT2D eigenvalue weighted by Gasteiger charge is 2.29. The van der Waals surface area contributed by atoms with Crippen LogP contribution in [0.5, 0.6) is 11.5 Å². The topological polar surface area (TPSA) is 69.5 Å². The van der Waals surface area contributed by atoms with E-state index < -0.39 is 5.97 Å². The number of ether oxygens (including phenoxy) is 2. The van der Waals surface area contributed by atoms with Crippen LogP contribution in [0, 0.1) is 0 Å². The van der Waals surface area contributed by atoms with Crippen LogP contribution < -0.4 is 4.74 Å². The monoisotopic (exact) mass is 429 g/mol. The molecule has 2 aromatic carbocycles.